The molecule has 0 atom stereocenters. The quantitative estimate of drug-likeness (QED) is 0.226. The molecule has 0 saturated carbocycles. The molecule has 6 nitrogen and oxygen atoms in total. The molecule has 0 aromatic rings. The third kappa shape index (κ3) is 260. The van der Waals surface area contributed by atoms with Crippen LogP contribution in [0.1, 0.15) is 52.4 Å². The van der Waals surface area contributed by atoms with E-state index >= 15 is 0 Å². The van der Waals surface area contributed by atoms with Crippen LogP contribution in [-0.2, 0) is 43.1 Å². The van der Waals surface area contributed by atoms with Crippen molar-refractivity contribution in [1.82, 2.24) is 0 Å². The van der Waals surface area contributed by atoms with Gasteiger partial charge in [-0.25, -0.2) is 0 Å². The van der Waals surface area contributed by atoms with Crippen molar-refractivity contribution in [2.75, 3.05) is 0 Å². The number of hydrogen-bond donors (Lipinski definition) is 6. The van der Waals surface area contributed by atoms with Crippen LogP contribution < -0.4 is 0 Å². The maximum absolute atomic E-state index is 7.56. The molecule has 0 rings (SSSR count). The topological polar surface area (TPSA) is 121 Å². The van der Waals surface area contributed by atoms with Crippen molar-refractivity contribution >= 4 is 37.1 Å². The van der Waals surface area contributed by atoms with Crippen molar-refractivity contribution in [3.63, 3.8) is 0 Å². The fraction of sp³-hybridized carbons (Fsp3) is 0.800. The Morgan fingerprint density at radius 1 is 0.714 bits per heavy atom. The van der Waals surface area contributed by atoms with Gasteiger partial charge in [0, 0.05) is 0 Å². The maximum Gasteiger partial charge on any atom is 2.00 e. The zero-order valence-corrected chi connectivity index (χ0v) is 19.1. The van der Waals surface area contributed by atoms with Gasteiger partial charge in [-0.15, -0.1) is 0 Å². The number of unbranched alkanes of at least 4 members (excludes halogenated alkanes) is 4. The van der Waals surface area contributed by atoms with Crippen LogP contribution in [0, 0.1) is 13.8 Å². The first-order chi connectivity index (χ1) is 8.83. The summed E-state index contributed by atoms with van der Waals surface area (Å²) in [7, 11) is 0. The van der Waals surface area contributed by atoms with Crippen molar-refractivity contribution in [1.29, 1.82) is 0 Å². The molecule has 0 aromatic heterocycles. The molecule has 0 bridgehead atoms. The third-order valence-corrected chi connectivity index (χ3v) is 1.21. The van der Waals surface area contributed by atoms with Crippen LogP contribution in [0.4, 0.5) is 0 Å². The molecule has 0 heterocycles. The fourth-order valence-corrected chi connectivity index (χ4v) is 0.500. The molecule has 0 saturated heterocycles. The van der Waals surface area contributed by atoms with Gasteiger partial charge in [0.1, 0.15) is 0 Å². The van der Waals surface area contributed by atoms with Gasteiger partial charge in [0.05, 0.1) is 0 Å². The maximum atomic E-state index is 7.56. The van der Waals surface area contributed by atoms with E-state index in [0.717, 1.165) is 12.8 Å². The molecule has 11 heteroatoms. The van der Waals surface area contributed by atoms with Gasteiger partial charge in [-0.3, -0.25) is 0 Å². The summed E-state index contributed by atoms with van der Waals surface area (Å²) < 4.78 is 0. The zero-order valence-electron chi connectivity index (χ0n) is 12.8. The van der Waals surface area contributed by atoms with Crippen molar-refractivity contribution in [3.05, 3.63) is 13.8 Å². The first kappa shape index (κ1) is 34.1. The molecule has 6 N–H and O–H groups in total. The molecule has 0 aliphatic carbocycles. The Morgan fingerprint density at radius 2 is 0.857 bits per heavy atom. The molecule has 0 unspecified atom stereocenters. The van der Waals surface area contributed by atoms with Crippen LogP contribution in [0.15, 0.2) is 0 Å². The largest absolute Gasteiger partial charge is 2.00 e. The van der Waals surface area contributed by atoms with Crippen molar-refractivity contribution in [2.24, 2.45) is 0 Å². The summed E-state index contributed by atoms with van der Waals surface area (Å²) in [6.07, 6.45) is 7.31. The average Bonchev–Trinajstić information content (AvgIpc) is 2.15. The monoisotopic (exact) mass is 434 g/mol. The summed E-state index contributed by atoms with van der Waals surface area (Å²) in [5.74, 6) is 0. The van der Waals surface area contributed by atoms with Crippen molar-refractivity contribution < 1.29 is 48.8 Å². The minimum Gasteiger partial charge on any atom is -0.343 e. The van der Waals surface area contributed by atoms with Crippen LogP contribution >= 0.6 is 13.4 Å². The predicted molar refractivity (Wildman–Crippen MR) is 91.6 cm³/mol. The summed E-state index contributed by atoms with van der Waals surface area (Å²) in [4.78, 5) is 45.3. The second-order valence-electron chi connectivity index (χ2n) is 3.44. The van der Waals surface area contributed by atoms with E-state index < -0.39 is 13.4 Å². The standard InChI is InChI=1S/2C5H11.2H3O3PS.Zn/c2*1-3-5-4-2;2*1-4(2,3)5;/h2*1,3-5H2,2H3;2*(H3,1,2,3,5);/q2*-1;;;+2. The molecule has 0 fully saturated rings. The van der Waals surface area contributed by atoms with E-state index in [0.29, 0.717) is 0 Å². The molecule has 0 aliphatic heterocycles. The molecule has 128 valence electrons. The van der Waals surface area contributed by atoms with Crippen molar-refractivity contribution in [2.45, 2.75) is 52.4 Å². The predicted octanol–water partition coefficient (Wildman–Crippen LogP) is 2.39. The van der Waals surface area contributed by atoms with Crippen LogP contribution in [0.5, 0.6) is 0 Å². The Balaban J connectivity index is -0.0000000533. The first-order valence-corrected chi connectivity index (χ1v) is 11.3. The summed E-state index contributed by atoms with van der Waals surface area (Å²) in [6.45, 7) is 4.08. The summed E-state index contributed by atoms with van der Waals surface area (Å²) in [6, 6.07) is 0. The summed E-state index contributed by atoms with van der Waals surface area (Å²) >= 11 is 7.21. The van der Waals surface area contributed by atoms with Crippen LogP contribution in [0.2, 0.25) is 0 Å². The van der Waals surface area contributed by atoms with Crippen LogP contribution in [0.3, 0.4) is 0 Å². The molecular formula is C10H28O6P2S2Zn. The Morgan fingerprint density at radius 3 is 0.857 bits per heavy atom. The van der Waals surface area contributed by atoms with E-state index in [-0.39, 0.29) is 19.5 Å². The smallest absolute Gasteiger partial charge is 0.343 e. The van der Waals surface area contributed by atoms with Crippen LogP contribution in [-0.4, -0.2) is 29.4 Å². The Hall–Kier alpha value is 1.68. The Kier molecular flexibility index (Phi) is 38.9. The molecule has 0 radical (unpaired) electrons. The minimum absolute atomic E-state index is 0. The second-order valence-corrected chi connectivity index (χ2v) is 8.43. The number of hydrogen-bond acceptors (Lipinski definition) is 2. The molecule has 0 spiro atoms. The normalized spacial score (nSPS) is 9.62. The van der Waals surface area contributed by atoms with E-state index in [9.17, 15) is 0 Å². The average molecular weight is 436 g/mol. The summed E-state index contributed by atoms with van der Waals surface area (Å²) in [5, 5.41) is 0. The van der Waals surface area contributed by atoms with E-state index in [2.05, 4.69) is 51.3 Å². The molecule has 21 heavy (non-hydrogen) atoms. The van der Waals surface area contributed by atoms with E-state index in [4.69, 9.17) is 29.4 Å². The van der Waals surface area contributed by atoms with Gasteiger partial charge in [0.2, 0.25) is 0 Å². The Labute approximate surface area is 151 Å². The molecule has 0 aromatic carbocycles. The fourth-order valence-electron chi connectivity index (χ4n) is 0.500. The zero-order chi connectivity index (χ0) is 17.2. The minimum atomic E-state index is -3.81. The Bertz CT molecular complexity index is 213. The van der Waals surface area contributed by atoms with Gasteiger partial charge in [-0.1, -0.05) is 39.5 Å². The molecular weight excluding hydrogens is 408 g/mol. The van der Waals surface area contributed by atoms with E-state index in [1.807, 2.05) is 0 Å². The van der Waals surface area contributed by atoms with Gasteiger partial charge in [0.25, 0.3) is 0 Å². The van der Waals surface area contributed by atoms with Crippen LogP contribution in [0.25, 0.3) is 0 Å². The molecule has 0 amide bonds. The third-order valence-electron chi connectivity index (χ3n) is 1.21. The first-order valence-electron chi connectivity index (χ1n) is 5.98. The van der Waals surface area contributed by atoms with E-state index in [1.165, 1.54) is 25.7 Å². The van der Waals surface area contributed by atoms with Crippen molar-refractivity contribution in [3.8, 4) is 0 Å². The molecule has 0 aliphatic rings. The second kappa shape index (κ2) is 23.9. The summed E-state index contributed by atoms with van der Waals surface area (Å²) in [5.41, 5.74) is 0. The van der Waals surface area contributed by atoms with Gasteiger partial charge in [-0.2, -0.15) is 12.8 Å². The van der Waals surface area contributed by atoms with Gasteiger partial charge < -0.3 is 43.2 Å². The van der Waals surface area contributed by atoms with E-state index in [1.54, 1.807) is 0 Å². The SMILES string of the molecule is OP(O)(O)=S.OP(O)(O)=S.[CH2-]CCCC.[CH2-]CCCC.[Zn+2]. The van der Waals surface area contributed by atoms with Gasteiger partial charge >= 0.3 is 32.9 Å². The van der Waals surface area contributed by atoms with Gasteiger partial charge in [-0.05, 0) is 23.6 Å². The number of rotatable bonds is 4. The van der Waals surface area contributed by atoms with Gasteiger partial charge in [0.15, 0.2) is 0 Å².